The van der Waals surface area contributed by atoms with Crippen molar-refractivity contribution in [2.45, 2.75) is 51.7 Å². The highest BCUT2D eigenvalue weighted by molar-refractivity contribution is 7.99. The van der Waals surface area contributed by atoms with Gasteiger partial charge in [-0.15, -0.1) is 0 Å². The molecule has 2 heterocycles. The number of hydrogen-bond donors (Lipinski definition) is 2. The number of nitrogens with one attached hydrogen (secondary N) is 2. The van der Waals surface area contributed by atoms with Crippen molar-refractivity contribution in [3.8, 4) is 0 Å². The van der Waals surface area contributed by atoms with Gasteiger partial charge in [-0.3, -0.25) is 9.36 Å². The number of anilines is 1. The van der Waals surface area contributed by atoms with Gasteiger partial charge in [-0.05, 0) is 30.5 Å². The van der Waals surface area contributed by atoms with Crippen LogP contribution in [0.1, 0.15) is 45.6 Å². The number of thioether (sulfide) groups is 1. The zero-order valence-electron chi connectivity index (χ0n) is 17.4. The van der Waals surface area contributed by atoms with Crippen LogP contribution >= 0.6 is 23.4 Å². The van der Waals surface area contributed by atoms with Crippen LogP contribution < -0.4 is 11.0 Å². The molecule has 0 aliphatic carbocycles. The van der Waals surface area contributed by atoms with Crippen LogP contribution in [0.25, 0.3) is 11.2 Å². The van der Waals surface area contributed by atoms with Gasteiger partial charge in [0.25, 0.3) is 0 Å². The van der Waals surface area contributed by atoms with Gasteiger partial charge in [0, 0.05) is 16.7 Å². The number of benzene rings is 1. The maximum Gasteiger partial charge on any atom is 0.328 e. The molecular formula is C21H26ClN5O2S. The first kappa shape index (κ1) is 22.4. The summed E-state index contributed by atoms with van der Waals surface area (Å²) < 4.78 is 1.56. The molecule has 0 saturated heterocycles. The Bertz CT molecular complexity index is 1080. The lowest BCUT2D eigenvalue weighted by atomic mass is 10.1. The summed E-state index contributed by atoms with van der Waals surface area (Å²) in [6.07, 6.45) is 2.66. The molecule has 2 aromatic heterocycles. The summed E-state index contributed by atoms with van der Waals surface area (Å²) in [5, 5.41) is 4.06. The lowest BCUT2D eigenvalue weighted by Gasteiger charge is -2.12. The van der Waals surface area contributed by atoms with Crippen molar-refractivity contribution in [2.75, 3.05) is 11.1 Å². The van der Waals surface area contributed by atoms with E-state index in [2.05, 4.69) is 27.2 Å². The zero-order valence-corrected chi connectivity index (χ0v) is 18.9. The van der Waals surface area contributed by atoms with Gasteiger partial charge < -0.3 is 10.3 Å². The van der Waals surface area contributed by atoms with Crippen LogP contribution in [-0.4, -0.2) is 31.2 Å². The molecule has 0 bridgehead atoms. The number of carbonyl (C=O) groups excluding carboxylic acids is 1. The summed E-state index contributed by atoms with van der Waals surface area (Å²) in [5.41, 5.74) is 1.53. The van der Waals surface area contributed by atoms with E-state index >= 15 is 0 Å². The molecule has 1 amide bonds. The molecule has 160 valence electrons. The molecule has 9 heteroatoms. The quantitative estimate of drug-likeness (QED) is 0.366. The zero-order chi connectivity index (χ0) is 21.7. The van der Waals surface area contributed by atoms with Gasteiger partial charge in [-0.25, -0.2) is 14.8 Å². The lowest BCUT2D eigenvalue weighted by Crippen LogP contribution is -2.21. The highest BCUT2D eigenvalue weighted by Gasteiger charge is 2.19. The molecule has 0 radical (unpaired) electrons. The summed E-state index contributed by atoms with van der Waals surface area (Å²) >= 11 is 7.47. The predicted octanol–water partition coefficient (Wildman–Crippen LogP) is 4.70. The summed E-state index contributed by atoms with van der Waals surface area (Å²) in [7, 11) is 0. The third-order valence-electron chi connectivity index (χ3n) is 4.70. The van der Waals surface area contributed by atoms with Crippen molar-refractivity contribution < 1.29 is 4.79 Å². The molecule has 1 unspecified atom stereocenters. The Labute approximate surface area is 184 Å². The number of hydrogen-bond acceptors (Lipinski definition) is 5. The lowest BCUT2D eigenvalue weighted by molar-refractivity contribution is -0.119. The van der Waals surface area contributed by atoms with Crippen molar-refractivity contribution in [3.05, 3.63) is 45.3 Å². The van der Waals surface area contributed by atoms with Crippen molar-refractivity contribution >= 4 is 46.3 Å². The Morgan fingerprint density at radius 1 is 1.23 bits per heavy atom. The van der Waals surface area contributed by atoms with Gasteiger partial charge in [-0.2, -0.15) is 0 Å². The Hall–Kier alpha value is -2.32. The molecule has 7 nitrogen and oxygen atoms in total. The van der Waals surface area contributed by atoms with Gasteiger partial charge in [0.2, 0.25) is 5.91 Å². The largest absolute Gasteiger partial charge is 0.328 e. The molecule has 1 aromatic carbocycles. The number of aromatic amines is 1. The van der Waals surface area contributed by atoms with Crippen molar-refractivity contribution in [3.63, 3.8) is 0 Å². The molecule has 2 N–H and O–H groups in total. The maximum atomic E-state index is 12.7. The number of carbonyl (C=O) groups is 1. The highest BCUT2D eigenvalue weighted by atomic mass is 35.5. The first-order chi connectivity index (χ1) is 14.4. The molecule has 3 rings (SSSR count). The third kappa shape index (κ3) is 5.23. The van der Waals surface area contributed by atoms with E-state index in [-0.39, 0.29) is 17.5 Å². The Morgan fingerprint density at radius 3 is 2.63 bits per heavy atom. The molecule has 0 fully saturated rings. The minimum Gasteiger partial charge on any atom is -0.309 e. The summed E-state index contributed by atoms with van der Waals surface area (Å²) in [4.78, 5) is 37.2. The van der Waals surface area contributed by atoms with Crippen molar-refractivity contribution in [1.82, 2.24) is 19.5 Å². The van der Waals surface area contributed by atoms with E-state index in [1.807, 2.05) is 26.0 Å². The van der Waals surface area contributed by atoms with Crippen LogP contribution in [-0.2, 0) is 11.3 Å². The van der Waals surface area contributed by atoms with E-state index in [0.717, 1.165) is 30.6 Å². The molecule has 0 aliphatic rings. The predicted molar refractivity (Wildman–Crippen MR) is 122 cm³/mol. The van der Waals surface area contributed by atoms with E-state index in [4.69, 9.17) is 11.6 Å². The Balaban J connectivity index is 2.03. The van der Waals surface area contributed by atoms with Gasteiger partial charge in [-0.1, -0.05) is 62.7 Å². The minimum atomic E-state index is -0.302. The number of amides is 1. The molecule has 1 atom stereocenters. The fraction of sp³-hybridized carbons (Fsp3) is 0.429. The van der Waals surface area contributed by atoms with Gasteiger partial charge in [0.05, 0.1) is 6.54 Å². The second-order valence-electron chi connectivity index (χ2n) is 7.22. The second kappa shape index (κ2) is 10.1. The molecule has 0 saturated carbocycles. The number of nitrogens with zero attached hydrogens (tertiary/aromatic N) is 3. The number of aromatic nitrogens is 4. The number of rotatable bonds is 9. The highest BCUT2D eigenvalue weighted by Crippen LogP contribution is 2.24. The van der Waals surface area contributed by atoms with Crippen LogP contribution in [0, 0.1) is 5.92 Å². The Morgan fingerprint density at radius 2 is 1.97 bits per heavy atom. The summed E-state index contributed by atoms with van der Waals surface area (Å²) in [5.74, 6) is 0.930. The van der Waals surface area contributed by atoms with E-state index in [0.29, 0.717) is 33.7 Å². The number of imidazole rings is 1. The SMILES string of the molecule is CCCSc1nc(NC(=O)C(C)CCC)c2[nH]c(=O)n(Cc3ccc(Cl)cc3)c2n1. The third-order valence-corrected chi connectivity index (χ3v) is 6.01. The number of fused-ring (bicyclic) bond motifs is 1. The van der Waals surface area contributed by atoms with Crippen LogP contribution in [0.4, 0.5) is 5.82 Å². The maximum absolute atomic E-state index is 12.7. The van der Waals surface area contributed by atoms with E-state index in [9.17, 15) is 9.59 Å². The minimum absolute atomic E-state index is 0.116. The Kier molecular flexibility index (Phi) is 7.55. The molecular weight excluding hydrogens is 422 g/mol. The van der Waals surface area contributed by atoms with E-state index in [1.54, 1.807) is 16.7 Å². The fourth-order valence-corrected chi connectivity index (χ4v) is 3.90. The average molecular weight is 448 g/mol. The smallest absolute Gasteiger partial charge is 0.309 e. The van der Waals surface area contributed by atoms with Crippen LogP contribution in [0.15, 0.2) is 34.2 Å². The normalized spacial score (nSPS) is 12.3. The van der Waals surface area contributed by atoms with Gasteiger partial charge in [0.1, 0.15) is 5.52 Å². The summed E-state index contributed by atoms with van der Waals surface area (Å²) in [6, 6.07) is 7.32. The first-order valence-corrected chi connectivity index (χ1v) is 11.5. The summed E-state index contributed by atoms with van der Waals surface area (Å²) in [6.45, 7) is 6.34. The van der Waals surface area contributed by atoms with Crippen molar-refractivity contribution in [2.24, 2.45) is 5.92 Å². The monoisotopic (exact) mass is 447 g/mol. The van der Waals surface area contributed by atoms with E-state index in [1.165, 1.54) is 11.8 Å². The second-order valence-corrected chi connectivity index (χ2v) is 8.72. The van der Waals surface area contributed by atoms with Crippen LogP contribution in [0.5, 0.6) is 0 Å². The topological polar surface area (TPSA) is 92.7 Å². The molecule has 0 spiro atoms. The van der Waals surface area contributed by atoms with Gasteiger partial charge >= 0.3 is 5.69 Å². The number of halogens is 1. The average Bonchev–Trinajstić information content (AvgIpc) is 3.04. The fourth-order valence-electron chi connectivity index (χ4n) is 3.08. The standard InChI is InChI=1S/C21H26ClN5O2S/c1-4-6-13(3)19(28)24-17-16-18(26-20(25-17)30-11-5-2)27(21(29)23-16)12-14-7-9-15(22)10-8-14/h7-10,13H,4-6,11-12H2,1-3H3,(H,23,29)(H,24,25,26,28). The van der Waals surface area contributed by atoms with E-state index < -0.39 is 0 Å². The number of H-pyrrole nitrogens is 1. The molecule has 3 aromatic rings. The van der Waals surface area contributed by atoms with Crippen LogP contribution in [0.2, 0.25) is 5.02 Å². The molecule has 30 heavy (non-hydrogen) atoms. The van der Waals surface area contributed by atoms with Gasteiger partial charge in [0.15, 0.2) is 16.6 Å². The van der Waals surface area contributed by atoms with Crippen LogP contribution in [0.3, 0.4) is 0 Å². The first-order valence-electron chi connectivity index (χ1n) is 10.1. The van der Waals surface area contributed by atoms with Crippen molar-refractivity contribution in [1.29, 1.82) is 0 Å². The molecule has 0 aliphatic heterocycles.